The number of anilines is 1. The topological polar surface area (TPSA) is 96.9 Å². The van der Waals surface area contributed by atoms with Crippen LogP contribution in [0.2, 0.25) is 0 Å². The lowest BCUT2D eigenvalue weighted by Crippen LogP contribution is -2.16. The summed E-state index contributed by atoms with van der Waals surface area (Å²) in [4.78, 5) is 3.93. The van der Waals surface area contributed by atoms with Crippen LogP contribution in [0, 0.1) is 0 Å². The van der Waals surface area contributed by atoms with Gasteiger partial charge >= 0.3 is 0 Å². The molecule has 2 aromatic rings. The molecular weight excluding hydrogens is 266 g/mol. The fourth-order valence-corrected chi connectivity index (χ4v) is 2.35. The number of hydrogen-bond acceptors (Lipinski definition) is 6. The van der Waals surface area contributed by atoms with Crippen molar-refractivity contribution in [3.63, 3.8) is 0 Å². The Kier molecular flexibility index (Phi) is 4.03. The predicted molar refractivity (Wildman–Crippen MR) is 69.8 cm³/mol. The molecule has 0 saturated heterocycles. The van der Waals surface area contributed by atoms with Crippen LogP contribution in [0.4, 0.5) is 5.82 Å². The number of sulfonamides is 1. The van der Waals surface area contributed by atoms with Gasteiger partial charge in [-0.15, -0.1) is 5.10 Å². The normalized spacial score (nSPS) is 11.2. The smallest absolute Gasteiger partial charge is 0.280 e. The molecule has 8 heteroatoms. The second-order valence-electron chi connectivity index (χ2n) is 3.75. The van der Waals surface area contributed by atoms with E-state index in [1.807, 2.05) is 0 Å². The zero-order valence-electron chi connectivity index (χ0n) is 10.2. The van der Waals surface area contributed by atoms with E-state index in [1.54, 1.807) is 19.2 Å². The van der Waals surface area contributed by atoms with Gasteiger partial charge in [0.25, 0.3) is 10.0 Å². The van der Waals surface area contributed by atoms with E-state index in [4.69, 9.17) is 0 Å². The maximum Gasteiger partial charge on any atom is 0.280 e. The highest BCUT2D eigenvalue weighted by Gasteiger charge is 2.16. The van der Waals surface area contributed by atoms with Gasteiger partial charge in [-0.1, -0.05) is 6.07 Å². The van der Waals surface area contributed by atoms with Gasteiger partial charge in [0.15, 0.2) is 10.8 Å². The van der Waals surface area contributed by atoms with E-state index >= 15 is 0 Å². The van der Waals surface area contributed by atoms with E-state index in [-0.39, 0.29) is 10.8 Å². The van der Waals surface area contributed by atoms with Crippen molar-refractivity contribution in [1.82, 2.24) is 20.5 Å². The lowest BCUT2D eigenvalue weighted by atomic mass is 10.3. The van der Waals surface area contributed by atoms with E-state index in [1.165, 1.54) is 24.5 Å². The van der Waals surface area contributed by atoms with Crippen LogP contribution in [0.3, 0.4) is 0 Å². The molecule has 0 aliphatic heterocycles. The van der Waals surface area contributed by atoms with Crippen LogP contribution in [0.5, 0.6) is 0 Å². The highest BCUT2D eigenvalue weighted by atomic mass is 32.2. The molecule has 0 atom stereocenters. The summed E-state index contributed by atoms with van der Waals surface area (Å²) in [6.07, 6.45) is 2.98. The lowest BCUT2D eigenvalue weighted by Gasteiger charge is -2.06. The molecule has 0 bridgehead atoms. The van der Waals surface area contributed by atoms with Crippen LogP contribution >= 0.6 is 0 Å². The van der Waals surface area contributed by atoms with Gasteiger partial charge in [-0.3, -0.25) is 4.72 Å². The maximum atomic E-state index is 12.0. The van der Waals surface area contributed by atoms with Crippen molar-refractivity contribution in [2.45, 2.75) is 11.6 Å². The number of nitrogens with zero attached hydrogens (tertiary/aromatic N) is 3. The second-order valence-corrected chi connectivity index (χ2v) is 5.38. The molecule has 0 aliphatic carbocycles. The van der Waals surface area contributed by atoms with Crippen molar-refractivity contribution < 1.29 is 8.42 Å². The standard InChI is InChI=1S/C11H13N5O2S/c1-12-7-9-4-5-11(13-8-9)19(17,18)16-10-3-2-6-14-15-10/h2-6,8,12H,7H2,1H3,(H,15,16). The van der Waals surface area contributed by atoms with Gasteiger partial charge < -0.3 is 5.32 Å². The molecule has 0 aliphatic rings. The summed E-state index contributed by atoms with van der Waals surface area (Å²) in [5.41, 5.74) is 0.904. The van der Waals surface area contributed by atoms with Crippen molar-refractivity contribution in [2.75, 3.05) is 11.8 Å². The molecule has 100 valence electrons. The summed E-state index contributed by atoms with van der Waals surface area (Å²) >= 11 is 0. The molecule has 0 radical (unpaired) electrons. The number of rotatable bonds is 5. The van der Waals surface area contributed by atoms with E-state index < -0.39 is 10.0 Å². The first-order chi connectivity index (χ1) is 9.12. The molecule has 7 nitrogen and oxygen atoms in total. The summed E-state index contributed by atoms with van der Waals surface area (Å²) in [5.74, 6) is 0.156. The van der Waals surface area contributed by atoms with E-state index in [0.29, 0.717) is 6.54 Å². The molecule has 0 saturated carbocycles. The molecule has 2 heterocycles. The Labute approximate surface area is 111 Å². The monoisotopic (exact) mass is 279 g/mol. The summed E-state index contributed by atoms with van der Waals surface area (Å²) in [7, 11) is -1.92. The van der Waals surface area contributed by atoms with Gasteiger partial charge in [-0.05, 0) is 30.8 Å². The quantitative estimate of drug-likeness (QED) is 0.822. The third kappa shape index (κ3) is 3.46. The van der Waals surface area contributed by atoms with E-state index in [0.717, 1.165) is 5.56 Å². The zero-order chi connectivity index (χ0) is 13.7. The minimum atomic E-state index is -3.73. The predicted octanol–water partition coefficient (Wildman–Crippen LogP) is 0.392. The Balaban J connectivity index is 2.20. The first-order valence-corrected chi connectivity index (χ1v) is 7.00. The van der Waals surface area contributed by atoms with Crippen molar-refractivity contribution in [2.24, 2.45) is 0 Å². The van der Waals surface area contributed by atoms with Gasteiger partial charge in [-0.25, -0.2) is 4.98 Å². The second kappa shape index (κ2) is 5.72. The fourth-order valence-electron chi connectivity index (χ4n) is 1.42. The third-order valence-corrected chi connectivity index (χ3v) is 3.54. The van der Waals surface area contributed by atoms with Gasteiger partial charge in [-0.2, -0.15) is 13.5 Å². The van der Waals surface area contributed by atoms with Crippen LogP contribution in [-0.2, 0) is 16.6 Å². The van der Waals surface area contributed by atoms with Crippen LogP contribution in [0.15, 0.2) is 41.7 Å². The Morgan fingerprint density at radius 1 is 1.26 bits per heavy atom. The first-order valence-electron chi connectivity index (χ1n) is 5.52. The van der Waals surface area contributed by atoms with Gasteiger partial charge in [0.05, 0.1) is 0 Å². The minimum absolute atomic E-state index is 0.0574. The molecule has 2 rings (SSSR count). The molecular formula is C11H13N5O2S. The van der Waals surface area contributed by atoms with Crippen molar-refractivity contribution >= 4 is 15.8 Å². The first kappa shape index (κ1) is 13.4. The van der Waals surface area contributed by atoms with E-state index in [9.17, 15) is 8.42 Å². The fraction of sp³-hybridized carbons (Fsp3) is 0.182. The number of aromatic nitrogens is 3. The Hall–Kier alpha value is -2.06. The van der Waals surface area contributed by atoms with Crippen molar-refractivity contribution in [1.29, 1.82) is 0 Å². The number of pyridine rings is 1. The van der Waals surface area contributed by atoms with Crippen LogP contribution in [0.1, 0.15) is 5.56 Å². The zero-order valence-corrected chi connectivity index (χ0v) is 11.1. The maximum absolute atomic E-state index is 12.0. The molecule has 19 heavy (non-hydrogen) atoms. The molecule has 2 N–H and O–H groups in total. The Morgan fingerprint density at radius 3 is 2.68 bits per heavy atom. The lowest BCUT2D eigenvalue weighted by molar-refractivity contribution is 0.597. The van der Waals surface area contributed by atoms with Crippen molar-refractivity contribution in [3.05, 3.63) is 42.2 Å². The molecule has 0 fully saturated rings. The SMILES string of the molecule is CNCc1ccc(S(=O)(=O)Nc2cccnn2)nc1. The number of hydrogen-bond donors (Lipinski definition) is 2. The van der Waals surface area contributed by atoms with Gasteiger partial charge in [0, 0.05) is 18.9 Å². The summed E-state index contributed by atoms with van der Waals surface area (Å²) < 4.78 is 26.3. The third-order valence-electron chi connectivity index (χ3n) is 2.27. The summed E-state index contributed by atoms with van der Waals surface area (Å²) in [5, 5.41) is 10.2. The van der Waals surface area contributed by atoms with Gasteiger partial charge in [0.2, 0.25) is 0 Å². The van der Waals surface area contributed by atoms with Crippen LogP contribution in [-0.4, -0.2) is 30.6 Å². The Bertz CT molecular complexity index is 628. The van der Waals surface area contributed by atoms with Crippen molar-refractivity contribution in [3.8, 4) is 0 Å². The highest BCUT2D eigenvalue weighted by Crippen LogP contribution is 2.11. The molecule has 0 amide bonds. The highest BCUT2D eigenvalue weighted by molar-refractivity contribution is 7.92. The van der Waals surface area contributed by atoms with E-state index in [2.05, 4.69) is 25.2 Å². The average Bonchev–Trinajstić information content (AvgIpc) is 2.40. The summed E-state index contributed by atoms with van der Waals surface area (Å²) in [6.45, 7) is 0.630. The van der Waals surface area contributed by atoms with Crippen LogP contribution < -0.4 is 10.0 Å². The molecule has 0 aromatic carbocycles. The number of nitrogens with one attached hydrogen (secondary N) is 2. The average molecular weight is 279 g/mol. The largest absolute Gasteiger partial charge is 0.316 e. The summed E-state index contributed by atoms with van der Waals surface area (Å²) in [6, 6.07) is 6.26. The van der Waals surface area contributed by atoms with Crippen LogP contribution in [0.25, 0.3) is 0 Å². The molecule has 0 spiro atoms. The molecule has 0 unspecified atom stereocenters. The van der Waals surface area contributed by atoms with Gasteiger partial charge in [0.1, 0.15) is 0 Å². The Morgan fingerprint density at radius 2 is 2.11 bits per heavy atom. The minimum Gasteiger partial charge on any atom is -0.316 e. The molecule has 2 aromatic heterocycles.